The highest BCUT2D eigenvalue weighted by atomic mass is 79.9. The van der Waals surface area contributed by atoms with Crippen LogP contribution in [0.2, 0.25) is 0 Å². The number of nitrogens with zero attached hydrogens (tertiary/aromatic N) is 3. The maximum absolute atomic E-state index is 9.47. The van der Waals surface area contributed by atoms with Crippen LogP contribution in [-0.2, 0) is 6.42 Å². The van der Waals surface area contributed by atoms with E-state index in [-0.39, 0.29) is 12.6 Å². The highest BCUT2D eigenvalue weighted by molar-refractivity contribution is 9.10. The van der Waals surface area contributed by atoms with E-state index in [0.717, 1.165) is 42.1 Å². The van der Waals surface area contributed by atoms with Gasteiger partial charge in [0.05, 0.1) is 12.6 Å². The van der Waals surface area contributed by atoms with Gasteiger partial charge in [0, 0.05) is 19.0 Å². The number of hydrogen-bond acceptors (Lipinski definition) is 4. The second-order valence-corrected chi connectivity index (χ2v) is 5.55. The van der Waals surface area contributed by atoms with Crippen LogP contribution in [0.1, 0.15) is 38.4 Å². The normalized spacial score (nSPS) is 20.2. The summed E-state index contributed by atoms with van der Waals surface area (Å²) in [4.78, 5) is 11.2. The predicted octanol–water partition coefficient (Wildman–Crippen LogP) is 2.54. The summed E-state index contributed by atoms with van der Waals surface area (Å²) >= 11 is 3.45. The quantitative estimate of drug-likeness (QED) is 0.868. The second-order valence-electron chi connectivity index (χ2n) is 4.74. The molecule has 1 atom stereocenters. The van der Waals surface area contributed by atoms with Crippen molar-refractivity contribution in [2.24, 2.45) is 0 Å². The van der Waals surface area contributed by atoms with Crippen LogP contribution in [0.4, 0.5) is 5.82 Å². The van der Waals surface area contributed by atoms with Crippen LogP contribution in [-0.4, -0.2) is 34.3 Å². The fourth-order valence-electron chi connectivity index (χ4n) is 2.43. The number of halogens is 1. The molecule has 2 heterocycles. The first-order valence-electron chi connectivity index (χ1n) is 6.65. The number of aryl methyl sites for hydroxylation is 1. The average Bonchev–Trinajstić information content (AvgIpc) is 2.38. The van der Waals surface area contributed by atoms with Crippen molar-refractivity contribution in [3.05, 3.63) is 16.5 Å². The number of aromatic nitrogens is 2. The van der Waals surface area contributed by atoms with Gasteiger partial charge in [-0.25, -0.2) is 9.97 Å². The van der Waals surface area contributed by atoms with Gasteiger partial charge in [-0.15, -0.1) is 0 Å². The Balaban J connectivity index is 2.24. The molecule has 1 aromatic rings. The lowest BCUT2D eigenvalue weighted by Gasteiger charge is -2.35. The molecule has 1 unspecified atom stereocenters. The van der Waals surface area contributed by atoms with E-state index in [1.54, 1.807) is 0 Å². The summed E-state index contributed by atoms with van der Waals surface area (Å²) in [5.41, 5.74) is 0. The fourth-order valence-corrected chi connectivity index (χ4v) is 2.84. The third kappa shape index (κ3) is 3.20. The van der Waals surface area contributed by atoms with E-state index in [1.807, 2.05) is 6.07 Å². The van der Waals surface area contributed by atoms with Crippen molar-refractivity contribution in [1.82, 2.24) is 9.97 Å². The fraction of sp³-hybridized carbons (Fsp3) is 0.692. The summed E-state index contributed by atoms with van der Waals surface area (Å²) in [6, 6.07) is 2.16. The molecule has 1 saturated heterocycles. The van der Waals surface area contributed by atoms with Crippen molar-refractivity contribution in [2.75, 3.05) is 18.1 Å². The molecule has 0 aromatic carbocycles. The molecule has 100 valence electrons. The molecule has 0 spiro atoms. The smallest absolute Gasteiger partial charge is 0.133 e. The van der Waals surface area contributed by atoms with Crippen LogP contribution in [0.3, 0.4) is 0 Å². The van der Waals surface area contributed by atoms with Gasteiger partial charge in [-0.05, 0) is 41.6 Å². The summed E-state index contributed by atoms with van der Waals surface area (Å²) in [5, 5.41) is 9.47. The predicted molar refractivity (Wildman–Crippen MR) is 75.8 cm³/mol. The molecule has 1 aromatic heterocycles. The summed E-state index contributed by atoms with van der Waals surface area (Å²) < 4.78 is 0.832. The molecule has 1 N–H and O–H groups in total. The lowest BCUT2D eigenvalue weighted by Crippen LogP contribution is -2.42. The zero-order valence-corrected chi connectivity index (χ0v) is 12.4. The minimum absolute atomic E-state index is 0.199. The standard InChI is InChI=1S/C13H20BrN3O/c1-2-5-12-15-11(14)8-13(16-12)17-7-4-3-6-10(17)9-18/h8,10,18H,2-7,9H2,1H3. The highest BCUT2D eigenvalue weighted by Crippen LogP contribution is 2.25. The number of anilines is 1. The van der Waals surface area contributed by atoms with Crippen molar-refractivity contribution in [2.45, 2.75) is 45.1 Å². The van der Waals surface area contributed by atoms with Crippen molar-refractivity contribution >= 4 is 21.7 Å². The minimum Gasteiger partial charge on any atom is -0.394 e. The Morgan fingerprint density at radius 1 is 1.44 bits per heavy atom. The van der Waals surface area contributed by atoms with Crippen molar-refractivity contribution in [1.29, 1.82) is 0 Å². The van der Waals surface area contributed by atoms with Crippen LogP contribution in [0.5, 0.6) is 0 Å². The first-order chi connectivity index (χ1) is 8.74. The van der Waals surface area contributed by atoms with Crippen LogP contribution in [0, 0.1) is 0 Å². The van der Waals surface area contributed by atoms with Gasteiger partial charge in [0.25, 0.3) is 0 Å². The second kappa shape index (κ2) is 6.48. The highest BCUT2D eigenvalue weighted by Gasteiger charge is 2.23. The molecule has 0 radical (unpaired) electrons. The van der Waals surface area contributed by atoms with E-state index >= 15 is 0 Å². The monoisotopic (exact) mass is 313 g/mol. The third-order valence-electron chi connectivity index (χ3n) is 3.33. The Hall–Kier alpha value is -0.680. The van der Waals surface area contributed by atoms with Gasteiger partial charge in [-0.1, -0.05) is 6.92 Å². The molecule has 4 nitrogen and oxygen atoms in total. The molecular formula is C13H20BrN3O. The lowest BCUT2D eigenvalue weighted by molar-refractivity contribution is 0.239. The molecule has 18 heavy (non-hydrogen) atoms. The Kier molecular flexibility index (Phi) is 4.95. The first kappa shape index (κ1) is 13.7. The molecule has 0 amide bonds. The van der Waals surface area contributed by atoms with Gasteiger partial charge < -0.3 is 10.0 Å². The van der Waals surface area contributed by atoms with E-state index in [0.29, 0.717) is 0 Å². The summed E-state index contributed by atoms with van der Waals surface area (Å²) in [7, 11) is 0. The van der Waals surface area contributed by atoms with Crippen molar-refractivity contribution in [3.8, 4) is 0 Å². The van der Waals surface area contributed by atoms with Gasteiger partial charge in [0.2, 0.25) is 0 Å². The molecular weight excluding hydrogens is 294 g/mol. The molecule has 1 fully saturated rings. The van der Waals surface area contributed by atoms with Gasteiger partial charge in [0.1, 0.15) is 16.2 Å². The Morgan fingerprint density at radius 3 is 3.00 bits per heavy atom. The van der Waals surface area contributed by atoms with Crippen LogP contribution in [0.25, 0.3) is 0 Å². The summed E-state index contributed by atoms with van der Waals surface area (Å²) in [6.07, 6.45) is 5.33. The van der Waals surface area contributed by atoms with Crippen molar-refractivity contribution < 1.29 is 5.11 Å². The molecule has 2 rings (SSSR count). The van der Waals surface area contributed by atoms with E-state index < -0.39 is 0 Å². The third-order valence-corrected chi connectivity index (χ3v) is 3.74. The zero-order chi connectivity index (χ0) is 13.0. The average molecular weight is 314 g/mol. The van der Waals surface area contributed by atoms with Gasteiger partial charge in [-0.3, -0.25) is 0 Å². The van der Waals surface area contributed by atoms with Crippen LogP contribution < -0.4 is 4.90 Å². The molecule has 1 aliphatic heterocycles. The SMILES string of the molecule is CCCc1nc(Br)cc(N2CCCCC2CO)n1. The number of piperidine rings is 1. The Labute approximate surface area is 117 Å². The van der Waals surface area contributed by atoms with E-state index in [4.69, 9.17) is 0 Å². The molecule has 0 bridgehead atoms. The molecule has 5 heteroatoms. The topological polar surface area (TPSA) is 49.2 Å². The zero-order valence-electron chi connectivity index (χ0n) is 10.8. The number of rotatable bonds is 4. The van der Waals surface area contributed by atoms with Gasteiger partial charge in [0.15, 0.2) is 0 Å². The largest absolute Gasteiger partial charge is 0.394 e. The van der Waals surface area contributed by atoms with E-state index in [9.17, 15) is 5.11 Å². The van der Waals surface area contributed by atoms with Crippen LogP contribution in [0.15, 0.2) is 10.7 Å². The van der Waals surface area contributed by atoms with E-state index in [2.05, 4.69) is 37.7 Å². The van der Waals surface area contributed by atoms with Crippen LogP contribution >= 0.6 is 15.9 Å². The van der Waals surface area contributed by atoms with E-state index in [1.165, 1.54) is 12.8 Å². The maximum atomic E-state index is 9.47. The molecule has 0 aliphatic carbocycles. The number of aliphatic hydroxyl groups excluding tert-OH is 1. The van der Waals surface area contributed by atoms with Crippen molar-refractivity contribution in [3.63, 3.8) is 0 Å². The number of hydrogen-bond donors (Lipinski definition) is 1. The first-order valence-corrected chi connectivity index (χ1v) is 7.45. The summed E-state index contributed by atoms with van der Waals surface area (Å²) in [5.74, 6) is 1.82. The molecule has 0 saturated carbocycles. The summed E-state index contributed by atoms with van der Waals surface area (Å²) in [6.45, 7) is 3.30. The van der Waals surface area contributed by atoms with Gasteiger partial charge in [-0.2, -0.15) is 0 Å². The lowest BCUT2D eigenvalue weighted by atomic mass is 10.0. The van der Waals surface area contributed by atoms with Gasteiger partial charge >= 0.3 is 0 Å². The Bertz CT molecular complexity index is 400. The Morgan fingerprint density at radius 2 is 2.28 bits per heavy atom. The minimum atomic E-state index is 0.199. The number of aliphatic hydroxyl groups is 1. The molecule has 1 aliphatic rings. The maximum Gasteiger partial charge on any atom is 0.133 e.